The van der Waals surface area contributed by atoms with E-state index >= 15 is 0 Å². The van der Waals surface area contributed by atoms with Crippen LogP contribution >= 0.6 is 0 Å². The minimum Gasteiger partial charge on any atom is -0.343 e. The Kier molecular flexibility index (Phi) is 5.49. The van der Waals surface area contributed by atoms with Gasteiger partial charge in [0.25, 0.3) is 5.89 Å². The van der Waals surface area contributed by atoms with Crippen molar-refractivity contribution in [2.75, 3.05) is 13.1 Å². The molecule has 1 saturated heterocycles. The molecule has 3 heterocycles. The normalized spacial score (nSPS) is 14.1. The third-order valence-corrected chi connectivity index (χ3v) is 5.71. The van der Waals surface area contributed by atoms with E-state index in [4.69, 9.17) is 4.52 Å². The summed E-state index contributed by atoms with van der Waals surface area (Å²) in [4.78, 5) is 18.7. The Morgan fingerprint density at radius 1 is 1.09 bits per heavy atom. The lowest BCUT2D eigenvalue weighted by atomic mass is 10.1. The second kappa shape index (κ2) is 8.74. The molecule has 0 N–H and O–H groups in total. The molecule has 0 saturated carbocycles. The minimum absolute atomic E-state index is 0.181. The molecule has 0 bridgehead atoms. The highest BCUT2D eigenvalue weighted by Gasteiger charge is 2.18. The summed E-state index contributed by atoms with van der Waals surface area (Å²) < 4.78 is 7.14. The average molecular weight is 428 g/mol. The number of fused-ring (bicyclic) bond motifs is 1. The highest BCUT2D eigenvalue weighted by atomic mass is 16.5. The van der Waals surface area contributed by atoms with Crippen LogP contribution in [-0.2, 0) is 11.3 Å². The predicted octanol–water partition coefficient (Wildman–Crippen LogP) is 3.97. The molecule has 162 valence electrons. The zero-order valence-electron chi connectivity index (χ0n) is 17.9. The van der Waals surface area contributed by atoms with Gasteiger partial charge in [-0.15, -0.1) is 5.10 Å². The summed E-state index contributed by atoms with van der Waals surface area (Å²) in [5, 5.41) is 12.6. The van der Waals surface area contributed by atoms with Crippen molar-refractivity contribution in [1.29, 1.82) is 0 Å². The molecule has 0 radical (unpaired) electrons. The van der Waals surface area contributed by atoms with Crippen molar-refractivity contribution in [2.45, 2.75) is 32.7 Å². The first-order chi connectivity index (χ1) is 15.7. The third-order valence-electron chi connectivity index (χ3n) is 5.71. The molecule has 8 heteroatoms. The summed E-state index contributed by atoms with van der Waals surface area (Å²) in [5.41, 5.74) is 4.70. The zero-order chi connectivity index (χ0) is 21.9. The zero-order valence-corrected chi connectivity index (χ0v) is 17.9. The number of amides is 1. The molecule has 0 unspecified atom stereocenters. The Morgan fingerprint density at radius 2 is 1.91 bits per heavy atom. The van der Waals surface area contributed by atoms with E-state index in [0.717, 1.165) is 48.1 Å². The molecule has 1 aliphatic heterocycles. The summed E-state index contributed by atoms with van der Waals surface area (Å²) in [7, 11) is 0. The molecule has 2 aromatic heterocycles. The quantitative estimate of drug-likeness (QED) is 0.462. The molecular weight excluding hydrogens is 404 g/mol. The largest absolute Gasteiger partial charge is 0.343 e. The second-order valence-corrected chi connectivity index (χ2v) is 8.05. The minimum atomic E-state index is 0.181. The number of rotatable bonds is 6. The molecule has 8 nitrogen and oxygen atoms in total. The van der Waals surface area contributed by atoms with Crippen LogP contribution in [0.3, 0.4) is 0 Å². The lowest BCUT2D eigenvalue weighted by molar-refractivity contribution is -0.130. The van der Waals surface area contributed by atoms with Crippen LogP contribution < -0.4 is 0 Å². The maximum absolute atomic E-state index is 12.3. The molecule has 0 atom stereocenters. The molecular formula is C24H24N6O2. The molecule has 1 aliphatic rings. The Bertz CT molecular complexity index is 1270. The van der Waals surface area contributed by atoms with Crippen LogP contribution in [0.1, 0.15) is 36.3 Å². The van der Waals surface area contributed by atoms with Gasteiger partial charge >= 0.3 is 0 Å². The number of benzene rings is 2. The van der Waals surface area contributed by atoms with Crippen LogP contribution in [0, 0.1) is 6.92 Å². The summed E-state index contributed by atoms with van der Waals surface area (Å²) in [6.07, 6.45) is 6.37. The highest BCUT2D eigenvalue weighted by Crippen LogP contribution is 2.22. The van der Waals surface area contributed by atoms with Crippen molar-refractivity contribution in [3.63, 3.8) is 0 Å². The molecule has 0 spiro atoms. The maximum atomic E-state index is 12.3. The van der Waals surface area contributed by atoms with Gasteiger partial charge in [-0.25, -0.2) is 4.68 Å². The molecule has 4 aromatic rings. The maximum Gasteiger partial charge on any atom is 0.250 e. The average Bonchev–Trinajstić information content (AvgIpc) is 3.58. The van der Waals surface area contributed by atoms with Gasteiger partial charge in [0.2, 0.25) is 11.7 Å². The van der Waals surface area contributed by atoms with Crippen molar-refractivity contribution in [3.8, 4) is 11.4 Å². The van der Waals surface area contributed by atoms with E-state index in [1.807, 2.05) is 41.3 Å². The standard InChI is InChI=1S/C24H24N6O2/c1-17-4-6-18(7-5-17)8-11-22-25-24(27-32-22)19-9-10-21-20(16-19)26-28-30(21)15-12-23(31)29-13-2-3-14-29/h4-11,16H,2-3,12-15H2,1H3/b11-8+. The summed E-state index contributed by atoms with van der Waals surface area (Å²) >= 11 is 0. The van der Waals surface area contributed by atoms with E-state index in [9.17, 15) is 4.79 Å². The van der Waals surface area contributed by atoms with Gasteiger partial charge in [-0.1, -0.05) is 40.2 Å². The van der Waals surface area contributed by atoms with Crippen LogP contribution in [-0.4, -0.2) is 49.0 Å². The van der Waals surface area contributed by atoms with Gasteiger partial charge in [0, 0.05) is 31.1 Å². The topological polar surface area (TPSA) is 89.9 Å². The Morgan fingerprint density at radius 3 is 2.72 bits per heavy atom. The van der Waals surface area contributed by atoms with Gasteiger partial charge in [0.1, 0.15) is 5.52 Å². The fraction of sp³-hybridized carbons (Fsp3) is 0.292. The van der Waals surface area contributed by atoms with Crippen LogP contribution in [0.25, 0.3) is 34.6 Å². The molecule has 5 rings (SSSR count). The smallest absolute Gasteiger partial charge is 0.250 e. The van der Waals surface area contributed by atoms with Crippen molar-refractivity contribution < 1.29 is 9.32 Å². The van der Waals surface area contributed by atoms with Gasteiger partial charge in [-0.2, -0.15) is 4.98 Å². The van der Waals surface area contributed by atoms with Crippen LogP contribution in [0.4, 0.5) is 0 Å². The first kappa shape index (κ1) is 20.1. The van der Waals surface area contributed by atoms with E-state index in [1.165, 1.54) is 5.56 Å². The third kappa shape index (κ3) is 4.30. The van der Waals surface area contributed by atoms with Crippen LogP contribution in [0.5, 0.6) is 0 Å². The van der Waals surface area contributed by atoms with Crippen molar-refractivity contribution in [1.82, 2.24) is 30.0 Å². The molecule has 1 fully saturated rings. The lowest BCUT2D eigenvalue weighted by Crippen LogP contribution is -2.28. The van der Waals surface area contributed by atoms with Gasteiger partial charge in [-0.05, 0) is 49.6 Å². The molecule has 1 amide bonds. The number of aryl methyl sites for hydroxylation is 2. The van der Waals surface area contributed by atoms with Crippen LogP contribution in [0.2, 0.25) is 0 Å². The Hall–Kier alpha value is -3.81. The lowest BCUT2D eigenvalue weighted by Gasteiger charge is -2.14. The van der Waals surface area contributed by atoms with Crippen molar-refractivity contribution in [3.05, 3.63) is 59.5 Å². The monoisotopic (exact) mass is 428 g/mol. The van der Waals surface area contributed by atoms with E-state index in [1.54, 1.807) is 10.8 Å². The SMILES string of the molecule is Cc1ccc(/C=C/c2nc(-c3ccc4c(c3)nnn4CCC(=O)N3CCCC3)no2)cc1. The summed E-state index contributed by atoms with van der Waals surface area (Å²) in [5.74, 6) is 1.11. The predicted molar refractivity (Wildman–Crippen MR) is 121 cm³/mol. The number of hydrogen-bond acceptors (Lipinski definition) is 6. The van der Waals surface area contributed by atoms with Gasteiger partial charge in [0.05, 0.1) is 12.1 Å². The van der Waals surface area contributed by atoms with Crippen molar-refractivity contribution >= 4 is 29.1 Å². The fourth-order valence-electron chi connectivity index (χ4n) is 3.87. The first-order valence-corrected chi connectivity index (χ1v) is 10.9. The Labute approximate surface area is 185 Å². The number of carbonyl (C=O) groups is 1. The van der Waals surface area contributed by atoms with Crippen LogP contribution in [0.15, 0.2) is 47.0 Å². The number of carbonyl (C=O) groups excluding carboxylic acids is 1. The molecule has 2 aromatic carbocycles. The highest BCUT2D eigenvalue weighted by molar-refractivity contribution is 5.80. The van der Waals surface area contributed by atoms with Gasteiger partial charge in [0.15, 0.2) is 0 Å². The fourth-order valence-corrected chi connectivity index (χ4v) is 3.87. The molecule has 32 heavy (non-hydrogen) atoms. The summed E-state index contributed by atoms with van der Waals surface area (Å²) in [6.45, 7) is 4.31. The van der Waals surface area contributed by atoms with E-state index in [2.05, 4.69) is 39.5 Å². The summed E-state index contributed by atoms with van der Waals surface area (Å²) in [6, 6.07) is 13.9. The van der Waals surface area contributed by atoms with Gasteiger partial charge < -0.3 is 9.42 Å². The van der Waals surface area contributed by atoms with Crippen molar-refractivity contribution in [2.24, 2.45) is 0 Å². The van der Waals surface area contributed by atoms with E-state index in [0.29, 0.717) is 24.7 Å². The number of nitrogens with zero attached hydrogens (tertiary/aromatic N) is 6. The molecule has 0 aliphatic carbocycles. The Balaban J connectivity index is 1.28. The number of aromatic nitrogens is 5. The van der Waals surface area contributed by atoms with E-state index in [-0.39, 0.29) is 5.91 Å². The number of likely N-dealkylation sites (tertiary alicyclic amines) is 1. The second-order valence-electron chi connectivity index (χ2n) is 8.05. The van der Waals surface area contributed by atoms with E-state index < -0.39 is 0 Å². The first-order valence-electron chi connectivity index (χ1n) is 10.9. The van der Waals surface area contributed by atoms with Gasteiger partial charge in [-0.3, -0.25) is 4.79 Å². The number of hydrogen-bond donors (Lipinski definition) is 0.